The van der Waals surface area contributed by atoms with E-state index in [0.29, 0.717) is 6.42 Å². The Bertz CT molecular complexity index is 811. The van der Waals surface area contributed by atoms with Crippen LogP contribution in [0.5, 0.6) is 0 Å². The minimum atomic E-state index is -4.00. The zero-order chi connectivity index (χ0) is 19.0. The van der Waals surface area contributed by atoms with Crippen LogP contribution >= 0.6 is 0 Å². The third kappa shape index (κ3) is 5.91. The molecule has 0 aliphatic heterocycles. The highest BCUT2D eigenvalue weighted by atomic mass is 32.2. The number of sulfonamides is 1. The van der Waals surface area contributed by atoms with Crippen LogP contribution in [-0.4, -0.2) is 38.6 Å². The molecule has 0 fully saturated rings. The van der Waals surface area contributed by atoms with Crippen molar-refractivity contribution in [3.63, 3.8) is 0 Å². The maximum Gasteiger partial charge on any atom is 0.241 e. The van der Waals surface area contributed by atoms with E-state index in [1.165, 1.54) is 0 Å². The van der Waals surface area contributed by atoms with Crippen LogP contribution in [0.4, 0.5) is 4.39 Å². The van der Waals surface area contributed by atoms with Crippen LogP contribution in [0.2, 0.25) is 0 Å². The molecule has 26 heavy (non-hydrogen) atoms. The molecular weight excluding hydrogens is 359 g/mol. The lowest BCUT2D eigenvalue weighted by Crippen LogP contribution is -2.48. The number of rotatable bonds is 9. The summed E-state index contributed by atoms with van der Waals surface area (Å²) in [4.78, 5) is 12.3. The minimum Gasteiger partial charge on any atom is -0.396 e. The Morgan fingerprint density at radius 3 is 2.35 bits per heavy atom. The van der Waals surface area contributed by atoms with E-state index >= 15 is 0 Å². The summed E-state index contributed by atoms with van der Waals surface area (Å²) >= 11 is 0. The molecule has 8 heteroatoms. The Balaban J connectivity index is 2.19. The van der Waals surface area contributed by atoms with E-state index < -0.39 is 27.8 Å². The molecule has 1 unspecified atom stereocenters. The normalized spacial score (nSPS) is 12.5. The van der Waals surface area contributed by atoms with Gasteiger partial charge in [0.05, 0.1) is 4.90 Å². The van der Waals surface area contributed by atoms with Crippen LogP contribution in [0, 0.1) is 5.82 Å². The van der Waals surface area contributed by atoms with Crippen LogP contribution in [0.1, 0.15) is 12.0 Å². The molecule has 0 aliphatic carbocycles. The average Bonchev–Trinajstić information content (AvgIpc) is 2.62. The first-order valence-electron chi connectivity index (χ1n) is 8.13. The third-order valence-corrected chi connectivity index (χ3v) is 5.14. The van der Waals surface area contributed by atoms with Crippen molar-refractivity contribution in [3.8, 4) is 0 Å². The van der Waals surface area contributed by atoms with Crippen LogP contribution in [0.15, 0.2) is 59.5 Å². The summed E-state index contributed by atoms with van der Waals surface area (Å²) in [6.07, 6.45) is 0.529. The summed E-state index contributed by atoms with van der Waals surface area (Å²) in [5.41, 5.74) is 0.789. The van der Waals surface area contributed by atoms with E-state index in [-0.39, 0.29) is 24.5 Å². The zero-order valence-electron chi connectivity index (χ0n) is 14.1. The predicted molar refractivity (Wildman–Crippen MR) is 95.4 cm³/mol. The molecule has 2 aromatic rings. The van der Waals surface area contributed by atoms with Gasteiger partial charge in [0, 0.05) is 13.2 Å². The fourth-order valence-corrected chi connectivity index (χ4v) is 3.52. The van der Waals surface area contributed by atoms with Crippen molar-refractivity contribution in [1.29, 1.82) is 0 Å². The van der Waals surface area contributed by atoms with Crippen molar-refractivity contribution < 1.29 is 22.7 Å². The predicted octanol–water partition coefficient (Wildman–Crippen LogP) is 1.21. The molecule has 140 valence electrons. The Labute approximate surface area is 152 Å². The van der Waals surface area contributed by atoms with Gasteiger partial charge in [-0.25, -0.2) is 12.8 Å². The summed E-state index contributed by atoms with van der Waals surface area (Å²) < 4.78 is 40.5. The van der Waals surface area contributed by atoms with Crippen LogP contribution in [0.25, 0.3) is 0 Å². The van der Waals surface area contributed by atoms with Gasteiger partial charge in [-0.15, -0.1) is 0 Å². The van der Waals surface area contributed by atoms with E-state index in [2.05, 4.69) is 10.0 Å². The topological polar surface area (TPSA) is 95.5 Å². The zero-order valence-corrected chi connectivity index (χ0v) is 14.9. The lowest BCUT2D eigenvalue weighted by atomic mass is 10.1. The first kappa shape index (κ1) is 20.0. The Morgan fingerprint density at radius 2 is 1.73 bits per heavy atom. The monoisotopic (exact) mass is 380 g/mol. The second kappa shape index (κ2) is 9.42. The average molecular weight is 380 g/mol. The number of hydrogen-bond donors (Lipinski definition) is 3. The smallest absolute Gasteiger partial charge is 0.241 e. The Kier molecular flexibility index (Phi) is 7.26. The number of amides is 1. The summed E-state index contributed by atoms with van der Waals surface area (Å²) in [5, 5.41) is 11.4. The van der Waals surface area contributed by atoms with Crippen molar-refractivity contribution in [3.05, 3.63) is 66.0 Å². The second-order valence-electron chi connectivity index (χ2n) is 5.69. The first-order valence-corrected chi connectivity index (χ1v) is 9.61. The molecule has 0 spiro atoms. The minimum absolute atomic E-state index is 0.0784. The lowest BCUT2D eigenvalue weighted by Gasteiger charge is -2.19. The van der Waals surface area contributed by atoms with Gasteiger partial charge in [0.25, 0.3) is 0 Å². The molecule has 0 heterocycles. The number of halogens is 1. The molecule has 0 saturated carbocycles. The number of carbonyl (C=O) groups excluding carboxylic acids is 1. The maximum atomic E-state index is 13.0. The van der Waals surface area contributed by atoms with Gasteiger partial charge in [-0.1, -0.05) is 30.3 Å². The second-order valence-corrected chi connectivity index (χ2v) is 7.40. The Hall–Kier alpha value is -2.29. The van der Waals surface area contributed by atoms with Crippen molar-refractivity contribution in [1.82, 2.24) is 10.0 Å². The van der Waals surface area contributed by atoms with Gasteiger partial charge >= 0.3 is 0 Å². The number of nitrogens with one attached hydrogen (secondary N) is 2. The summed E-state index contributed by atoms with van der Waals surface area (Å²) in [6, 6.07) is 12.3. The maximum absolute atomic E-state index is 13.0. The number of benzene rings is 2. The highest BCUT2D eigenvalue weighted by molar-refractivity contribution is 7.89. The number of carbonyl (C=O) groups is 1. The van der Waals surface area contributed by atoms with E-state index in [1.54, 1.807) is 24.3 Å². The van der Waals surface area contributed by atoms with E-state index in [9.17, 15) is 17.6 Å². The number of aliphatic hydroxyl groups excluding tert-OH is 1. The van der Waals surface area contributed by atoms with Crippen molar-refractivity contribution >= 4 is 15.9 Å². The van der Waals surface area contributed by atoms with Gasteiger partial charge in [0.15, 0.2) is 0 Å². The fourth-order valence-electron chi connectivity index (χ4n) is 2.32. The molecule has 0 radical (unpaired) electrons. The fraction of sp³-hybridized carbons (Fsp3) is 0.278. The van der Waals surface area contributed by atoms with Gasteiger partial charge < -0.3 is 10.4 Å². The SMILES string of the molecule is O=C(NCCCO)C(Cc1ccccc1)NS(=O)(=O)c1ccc(F)cc1. The van der Waals surface area contributed by atoms with Gasteiger partial charge in [-0.3, -0.25) is 4.79 Å². The van der Waals surface area contributed by atoms with Crippen molar-refractivity contribution in [2.75, 3.05) is 13.2 Å². The molecule has 3 N–H and O–H groups in total. The van der Waals surface area contributed by atoms with Crippen molar-refractivity contribution in [2.45, 2.75) is 23.8 Å². The molecule has 0 aromatic heterocycles. The molecular formula is C18H21FN2O4S. The van der Waals surface area contributed by atoms with Crippen LogP contribution in [0.3, 0.4) is 0 Å². The largest absolute Gasteiger partial charge is 0.396 e. The number of aliphatic hydroxyl groups is 1. The molecule has 6 nitrogen and oxygen atoms in total. The molecule has 1 amide bonds. The standard InChI is InChI=1S/C18H21FN2O4S/c19-15-7-9-16(10-8-15)26(24,25)21-17(18(23)20-11-4-12-22)13-14-5-2-1-3-6-14/h1-3,5-10,17,21-22H,4,11-13H2,(H,20,23). The summed E-state index contributed by atoms with van der Waals surface area (Å²) in [6.45, 7) is 0.157. The molecule has 2 rings (SSSR count). The quantitative estimate of drug-likeness (QED) is 0.570. The summed E-state index contributed by atoms with van der Waals surface area (Å²) in [5.74, 6) is -1.04. The highest BCUT2D eigenvalue weighted by Gasteiger charge is 2.26. The van der Waals surface area contributed by atoms with Crippen molar-refractivity contribution in [2.24, 2.45) is 0 Å². The van der Waals surface area contributed by atoms with Crippen LogP contribution < -0.4 is 10.0 Å². The van der Waals surface area contributed by atoms with Gasteiger partial charge in [-0.2, -0.15) is 4.72 Å². The van der Waals surface area contributed by atoms with Crippen LogP contribution in [-0.2, 0) is 21.2 Å². The van der Waals surface area contributed by atoms with Gasteiger partial charge in [0.2, 0.25) is 15.9 Å². The third-order valence-electron chi connectivity index (χ3n) is 3.65. The Morgan fingerprint density at radius 1 is 1.08 bits per heavy atom. The van der Waals surface area contributed by atoms with E-state index in [0.717, 1.165) is 29.8 Å². The molecule has 0 bridgehead atoms. The van der Waals surface area contributed by atoms with Gasteiger partial charge in [0.1, 0.15) is 11.9 Å². The lowest BCUT2D eigenvalue weighted by molar-refractivity contribution is -0.122. The first-order chi connectivity index (χ1) is 12.4. The van der Waals surface area contributed by atoms with Gasteiger partial charge in [-0.05, 0) is 42.7 Å². The summed E-state index contributed by atoms with van der Waals surface area (Å²) in [7, 11) is -4.00. The molecule has 0 saturated heterocycles. The molecule has 0 aliphatic rings. The highest BCUT2D eigenvalue weighted by Crippen LogP contribution is 2.12. The molecule has 2 aromatic carbocycles. The molecule has 1 atom stereocenters. The number of hydrogen-bond acceptors (Lipinski definition) is 4. The van der Waals surface area contributed by atoms with E-state index in [1.807, 2.05) is 6.07 Å². The van der Waals surface area contributed by atoms with E-state index in [4.69, 9.17) is 5.11 Å².